The summed E-state index contributed by atoms with van der Waals surface area (Å²) in [4.78, 5) is 29.7. The molecule has 0 fully saturated rings. The molecule has 2 N–H and O–H groups in total. The fourth-order valence-corrected chi connectivity index (χ4v) is 3.71. The van der Waals surface area contributed by atoms with Gasteiger partial charge < -0.3 is 10.1 Å². The van der Waals surface area contributed by atoms with Gasteiger partial charge in [0.15, 0.2) is 5.11 Å². The second-order valence-electron chi connectivity index (χ2n) is 7.29. The third-order valence-corrected chi connectivity index (χ3v) is 5.44. The maximum Gasteiger partial charge on any atom is 0.338 e. The van der Waals surface area contributed by atoms with Gasteiger partial charge in [0.05, 0.1) is 28.9 Å². The van der Waals surface area contributed by atoms with Crippen LogP contribution in [0.15, 0.2) is 78.9 Å². The molecular formula is C26H20ClN3O3S. The first-order valence-electron chi connectivity index (χ1n) is 10.5. The summed E-state index contributed by atoms with van der Waals surface area (Å²) in [7, 11) is 0. The molecule has 1 amide bonds. The second-order valence-corrected chi connectivity index (χ2v) is 8.13. The van der Waals surface area contributed by atoms with Crippen LogP contribution in [-0.2, 0) is 4.74 Å². The first-order chi connectivity index (χ1) is 16.4. The van der Waals surface area contributed by atoms with Crippen molar-refractivity contribution in [3.05, 3.63) is 95.0 Å². The molecule has 1 aromatic heterocycles. The van der Waals surface area contributed by atoms with Crippen molar-refractivity contribution in [2.45, 2.75) is 6.92 Å². The molecule has 0 unspecified atom stereocenters. The topological polar surface area (TPSA) is 80.3 Å². The molecule has 0 radical (unpaired) electrons. The molecule has 0 saturated heterocycles. The number of ether oxygens (including phenoxy) is 1. The Bertz CT molecular complexity index is 1370. The number of fused-ring (bicyclic) bond motifs is 1. The smallest absolute Gasteiger partial charge is 0.338 e. The minimum atomic E-state index is -0.397. The molecule has 0 atom stereocenters. The Kier molecular flexibility index (Phi) is 7.15. The second kappa shape index (κ2) is 10.4. The number of halogens is 1. The molecule has 0 aliphatic carbocycles. The average Bonchev–Trinajstić information content (AvgIpc) is 2.84. The van der Waals surface area contributed by atoms with Crippen LogP contribution in [0.5, 0.6) is 0 Å². The van der Waals surface area contributed by atoms with Gasteiger partial charge in [0.1, 0.15) is 0 Å². The molecule has 34 heavy (non-hydrogen) atoms. The Morgan fingerprint density at radius 1 is 1.00 bits per heavy atom. The number of para-hydroxylation sites is 1. The standard InChI is InChI=1S/C26H20ClN3O3S/c1-2-33-25(32)17-9-13-19(14-10-17)28-26(34)30-24(31)21-15-23(16-7-11-18(27)12-8-16)29-22-6-4-3-5-20(21)22/h3-15H,2H2,1H3,(H2,28,30,31,34). The van der Waals surface area contributed by atoms with Crippen LogP contribution in [0, 0.1) is 0 Å². The highest BCUT2D eigenvalue weighted by atomic mass is 35.5. The number of carbonyl (C=O) groups excluding carboxylic acids is 2. The quantitative estimate of drug-likeness (QED) is 0.270. The molecule has 8 heteroatoms. The summed E-state index contributed by atoms with van der Waals surface area (Å²) in [6.45, 7) is 2.05. The number of thiocarbonyl (C=S) groups is 1. The number of aromatic nitrogens is 1. The number of nitrogens with zero attached hydrogens (tertiary/aromatic N) is 1. The van der Waals surface area contributed by atoms with Crippen molar-refractivity contribution in [2.24, 2.45) is 0 Å². The Hall–Kier alpha value is -3.81. The lowest BCUT2D eigenvalue weighted by molar-refractivity contribution is 0.0526. The van der Waals surface area contributed by atoms with E-state index in [-0.39, 0.29) is 11.0 Å². The number of hydrogen-bond acceptors (Lipinski definition) is 5. The highest BCUT2D eigenvalue weighted by molar-refractivity contribution is 7.80. The van der Waals surface area contributed by atoms with Gasteiger partial charge in [0, 0.05) is 21.7 Å². The van der Waals surface area contributed by atoms with E-state index in [2.05, 4.69) is 10.6 Å². The van der Waals surface area contributed by atoms with Gasteiger partial charge in [-0.25, -0.2) is 9.78 Å². The molecule has 6 nitrogen and oxygen atoms in total. The Labute approximate surface area is 206 Å². The summed E-state index contributed by atoms with van der Waals surface area (Å²) in [5.74, 6) is -0.763. The molecular weight excluding hydrogens is 470 g/mol. The SMILES string of the molecule is CCOC(=O)c1ccc(NC(=S)NC(=O)c2cc(-c3ccc(Cl)cc3)nc3ccccc23)cc1. The van der Waals surface area contributed by atoms with Gasteiger partial charge in [-0.3, -0.25) is 10.1 Å². The number of rotatable bonds is 5. The van der Waals surface area contributed by atoms with Crippen LogP contribution in [0.2, 0.25) is 5.02 Å². The molecule has 0 saturated carbocycles. The van der Waals surface area contributed by atoms with Gasteiger partial charge in [0.2, 0.25) is 0 Å². The van der Waals surface area contributed by atoms with Gasteiger partial charge in [0.25, 0.3) is 5.91 Å². The van der Waals surface area contributed by atoms with Crippen LogP contribution < -0.4 is 10.6 Å². The van der Waals surface area contributed by atoms with Gasteiger partial charge in [-0.2, -0.15) is 0 Å². The molecule has 3 aromatic carbocycles. The molecule has 1 heterocycles. The Morgan fingerprint density at radius 3 is 2.41 bits per heavy atom. The van der Waals surface area contributed by atoms with Gasteiger partial charge in [-0.1, -0.05) is 41.9 Å². The zero-order chi connectivity index (χ0) is 24.1. The zero-order valence-electron chi connectivity index (χ0n) is 18.2. The van der Waals surface area contributed by atoms with Gasteiger partial charge in [-0.05, 0) is 67.7 Å². The van der Waals surface area contributed by atoms with Crippen LogP contribution in [0.3, 0.4) is 0 Å². The van der Waals surface area contributed by atoms with Crippen molar-refractivity contribution in [1.82, 2.24) is 10.3 Å². The monoisotopic (exact) mass is 489 g/mol. The average molecular weight is 490 g/mol. The normalized spacial score (nSPS) is 10.5. The largest absolute Gasteiger partial charge is 0.462 e. The third-order valence-electron chi connectivity index (χ3n) is 4.98. The molecule has 0 spiro atoms. The summed E-state index contributed by atoms with van der Waals surface area (Å²) in [6, 6.07) is 23.0. The fourth-order valence-electron chi connectivity index (χ4n) is 3.37. The highest BCUT2D eigenvalue weighted by Crippen LogP contribution is 2.26. The van der Waals surface area contributed by atoms with Crippen LogP contribution in [-0.4, -0.2) is 28.6 Å². The van der Waals surface area contributed by atoms with E-state index in [9.17, 15) is 9.59 Å². The lowest BCUT2D eigenvalue weighted by atomic mass is 10.0. The van der Waals surface area contributed by atoms with Crippen molar-refractivity contribution in [2.75, 3.05) is 11.9 Å². The number of nitrogens with one attached hydrogen (secondary N) is 2. The van der Waals surface area contributed by atoms with E-state index in [1.165, 1.54) is 0 Å². The van der Waals surface area contributed by atoms with E-state index in [0.717, 1.165) is 5.56 Å². The molecule has 4 aromatic rings. The van der Waals surface area contributed by atoms with Crippen LogP contribution in [0.25, 0.3) is 22.2 Å². The summed E-state index contributed by atoms with van der Waals surface area (Å²) < 4.78 is 4.98. The van der Waals surface area contributed by atoms with Gasteiger partial charge in [-0.15, -0.1) is 0 Å². The van der Waals surface area contributed by atoms with Gasteiger partial charge >= 0.3 is 5.97 Å². The van der Waals surface area contributed by atoms with Crippen LogP contribution in [0.4, 0.5) is 5.69 Å². The van der Waals surface area contributed by atoms with E-state index in [1.807, 2.05) is 36.4 Å². The Morgan fingerprint density at radius 2 is 1.71 bits per heavy atom. The number of esters is 1. The highest BCUT2D eigenvalue weighted by Gasteiger charge is 2.15. The van der Waals surface area contributed by atoms with Crippen LogP contribution in [0.1, 0.15) is 27.6 Å². The predicted molar refractivity (Wildman–Crippen MR) is 138 cm³/mol. The number of anilines is 1. The molecule has 170 valence electrons. The first kappa shape index (κ1) is 23.4. The lowest BCUT2D eigenvalue weighted by Gasteiger charge is -2.13. The van der Waals surface area contributed by atoms with Crippen molar-refractivity contribution >= 4 is 57.4 Å². The van der Waals surface area contributed by atoms with E-state index < -0.39 is 5.97 Å². The third kappa shape index (κ3) is 5.39. The number of hydrogen-bond donors (Lipinski definition) is 2. The molecule has 0 bridgehead atoms. The van der Waals surface area contributed by atoms with Crippen molar-refractivity contribution < 1.29 is 14.3 Å². The van der Waals surface area contributed by atoms with E-state index in [4.69, 9.17) is 33.5 Å². The minimum absolute atomic E-state index is 0.128. The van der Waals surface area contributed by atoms with E-state index in [1.54, 1.807) is 49.4 Å². The van der Waals surface area contributed by atoms with E-state index in [0.29, 0.717) is 45.0 Å². The Balaban J connectivity index is 1.54. The number of pyridine rings is 1. The maximum atomic E-state index is 13.2. The summed E-state index contributed by atoms with van der Waals surface area (Å²) in [5, 5.41) is 7.14. The first-order valence-corrected chi connectivity index (χ1v) is 11.3. The van der Waals surface area contributed by atoms with Crippen molar-refractivity contribution in [3.63, 3.8) is 0 Å². The van der Waals surface area contributed by atoms with Crippen LogP contribution >= 0.6 is 23.8 Å². The maximum absolute atomic E-state index is 13.2. The van der Waals surface area contributed by atoms with E-state index >= 15 is 0 Å². The minimum Gasteiger partial charge on any atom is -0.462 e. The number of benzene rings is 3. The molecule has 0 aliphatic rings. The summed E-state index contributed by atoms with van der Waals surface area (Å²) in [5.41, 5.74) is 3.67. The van der Waals surface area contributed by atoms with Crippen molar-refractivity contribution in [3.8, 4) is 11.3 Å². The summed E-state index contributed by atoms with van der Waals surface area (Å²) >= 11 is 11.3. The number of amides is 1. The number of carbonyl (C=O) groups is 2. The lowest BCUT2D eigenvalue weighted by Crippen LogP contribution is -2.34. The molecule has 4 rings (SSSR count). The predicted octanol–water partition coefficient (Wildman–Crippen LogP) is 5.86. The summed E-state index contributed by atoms with van der Waals surface area (Å²) in [6.07, 6.45) is 0. The zero-order valence-corrected chi connectivity index (χ0v) is 19.7. The van der Waals surface area contributed by atoms with Crippen molar-refractivity contribution in [1.29, 1.82) is 0 Å². The fraction of sp³-hybridized carbons (Fsp3) is 0.0769. The molecule has 0 aliphatic heterocycles.